The number of anilines is 2. The van der Waals surface area contributed by atoms with E-state index in [1.54, 1.807) is 6.20 Å². The van der Waals surface area contributed by atoms with Crippen LogP contribution in [0, 0.1) is 0 Å². The first-order valence-corrected chi connectivity index (χ1v) is 13.0. The molecule has 2 heterocycles. The van der Waals surface area contributed by atoms with Crippen LogP contribution in [0.2, 0.25) is 0 Å². The Morgan fingerprint density at radius 3 is 2.48 bits per heavy atom. The summed E-state index contributed by atoms with van der Waals surface area (Å²) in [6.07, 6.45) is 8.29. The first kappa shape index (κ1) is 21.4. The van der Waals surface area contributed by atoms with E-state index in [-0.39, 0.29) is 18.0 Å². The second kappa shape index (κ2) is 8.62. The molecule has 158 valence electrons. The maximum absolute atomic E-state index is 12.8. The second-order valence-electron chi connectivity index (χ2n) is 7.78. The summed E-state index contributed by atoms with van der Waals surface area (Å²) < 4.78 is 4.74. The fraction of sp³-hybridized carbons (Fsp3) is 0.450. The molecule has 0 saturated carbocycles. The molecule has 1 aliphatic rings. The number of carbonyl (C=O) groups excluding carboxylic acids is 2. The van der Waals surface area contributed by atoms with E-state index in [1.807, 2.05) is 24.0 Å². The van der Waals surface area contributed by atoms with Gasteiger partial charge in [-0.3, -0.25) is 0 Å². The van der Waals surface area contributed by atoms with Crippen molar-refractivity contribution in [2.75, 3.05) is 55.7 Å². The highest BCUT2D eigenvalue weighted by atomic mass is 32.3. The number of esters is 1. The smallest absolute Gasteiger partial charge is 0.349 e. The number of aromatic nitrogens is 1. The van der Waals surface area contributed by atoms with Crippen molar-refractivity contribution < 1.29 is 14.3 Å². The minimum absolute atomic E-state index is 0.0209. The van der Waals surface area contributed by atoms with Crippen LogP contribution in [0.1, 0.15) is 16.6 Å². The van der Waals surface area contributed by atoms with Gasteiger partial charge in [0, 0.05) is 31.4 Å². The van der Waals surface area contributed by atoms with E-state index < -0.39 is 10.0 Å². The average Bonchev–Trinajstić information content (AvgIpc) is 3.17. The van der Waals surface area contributed by atoms with Crippen molar-refractivity contribution in [3.63, 3.8) is 0 Å². The predicted molar refractivity (Wildman–Crippen MR) is 121 cm³/mol. The molecule has 1 saturated heterocycles. The standard InChI is InChI=1S/C20H28N4O3S2/c1-14-13-23(20-21-12-17(28-20)18(25)27-2)10-11-24(14)19(26)22-15-6-8-16(9-7-15)29(3,4)5/h6-9,12,14H,10-11,13H2,1-5H3,(H,22,26)/t14-/m1/s1. The highest BCUT2D eigenvalue weighted by Gasteiger charge is 2.29. The topological polar surface area (TPSA) is 74.8 Å². The summed E-state index contributed by atoms with van der Waals surface area (Å²) in [4.78, 5) is 34.5. The summed E-state index contributed by atoms with van der Waals surface area (Å²) in [5.74, 6) is -0.376. The summed E-state index contributed by atoms with van der Waals surface area (Å²) in [6.45, 7) is 3.93. The van der Waals surface area contributed by atoms with Gasteiger partial charge in [0.1, 0.15) is 4.88 Å². The van der Waals surface area contributed by atoms with E-state index in [9.17, 15) is 9.59 Å². The number of amides is 2. The molecule has 0 radical (unpaired) electrons. The molecule has 0 aliphatic carbocycles. The minimum atomic E-state index is -0.778. The quantitative estimate of drug-likeness (QED) is 0.740. The SMILES string of the molecule is COC(=O)c1cnc(N2CCN(C(=O)Nc3ccc(S(C)(C)C)cc3)[C@H](C)C2)s1. The summed E-state index contributed by atoms with van der Waals surface area (Å²) in [7, 11) is 0.582. The van der Waals surface area contributed by atoms with Crippen LogP contribution in [-0.2, 0) is 4.74 Å². The zero-order valence-electron chi connectivity index (χ0n) is 17.5. The minimum Gasteiger partial charge on any atom is -0.465 e. The lowest BCUT2D eigenvalue weighted by molar-refractivity contribution is 0.0606. The molecule has 1 aromatic carbocycles. The largest absolute Gasteiger partial charge is 0.465 e. The van der Waals surface area contributed by atoms with Crippen LogP contribution < -0.4 is 10.2 Å². The lowest BCUT2D eigenvalue weighted by Crippen LogP contribution is -2.55. The molecule has 9 heteroatoms. The van der Waals surface area contributed by atoms with Gasteiger partial charge in [-0.25, -0.2) is 24.6 Å². The molecular formula is C20H28N4O3S2. The van der Waals surface area contributed by atoms with Crippen molar-refractivity contribution in [3.8, 4) is 0 Å². The number of piperazine rings is 1. The van der Waals surface area contributed by atoms with Gasteiger partial charge in [-0.1, -0.05) is 11.3 Å². The van der Waals surface area contributed by atoms with Crippen molar-refractivity contribution in [3.05, 3.63) is 35.3 Å². The van der Waals surface area contributed by atoms with Gasteiger partial charge >= 0.3 is 12.0 Å². The summed E-state index contributed by atoms with van der Waals surface area (Å²) >= 11 is 1.31. The molecule has 0 unspecified atom stereocenters. The number of hydrogen-bond acceptors (Lipinski definition) is 6. The number of ether oxygens (including phenoxy) is 1. The van der Waals surface area contributed by atoms with E-state index in [4.69, 9.17) is 4.74 Å². The van der Waals surface area contributed by atoms with E-state index in [2.05, 4.69) is 46.1 Å². The molecule has 7 nitrogen and oxygen atoms in total. The van der Waals surface area contributed by atoms with Crippen molar-refractivity contribution >= 4 is 44.2 Å². The number of methoxy groups -OCH3 is 1. The molecule has 0 bridgehead atoms. The lowest BCUT2D eigenvalue weighted by Gasteiger charge is -2.39. The molecule has 2 aromatic rings. The Kier molecular flexibility index (Phi) is 6.38. The summed E-state index contributed by atoms with van der Waals surface area (Å²) in [5.41, 5.74) is 0.805. The molecule has 1 aromatic heterocycles. The van der Waals surface area contributed by atoms with Crippen molar-refractivity contribution in [2.24, 2.45) is 0 Å². The highest BCUT2D eigenvalue weighted by molar-refractivity contribution is 8.32. The van der Waals surface area contributed by atoms with Gasteiger partial charge in [0.2, 0.25) is 0 Å². The summed E-state index contributed by atoms with van der Waals surface area (Å²) in [5, 5.41) is 3.78. The Morgan fingerprint density at radius 1 is 1.21 bits per heavy atom. The number of nitrogens with zero attached hydrogens (tertiary/aromatic N) is 3. The van der Waals surface area contributed by atoms with Gasteiger partial charge in [-0.15, -0.1) is 0 Å². The molecule has 3 rings (SSSR count). The molecular weight excluding hydrogens is 408 g/mol. The van der Waals surface area contributed by atoms with Gasteiger partial charge in [-0.05, 0) is 54.9 Å². The maximum Gasteiger partial charge on any atom is 0.349 e. The third-order valence-electron chi connectivity index (χ3n) is 4.85. The Hall–Kier alpha value is -2.26. The van der Waals surface area contributed by atoms with Crippen LogP contribution in [0.15, 0.2) is 35.4 Å². The Balaban J connectivity index is 1.60. The number of nitrogens with one attached hydrogen (secondary N) is 1. The first-order valence-electron chi connectivity index (χ1n) is 9.34. The second-order valence-corrected chi connectivity index (χ2v) is 12.9. The first-order chi connectivity index (χ1) is 13.7. The molecule has 0 spiro atoms. The van der Waals surface area contributed by atoms with Crippen LogP contribution in [0.25, 0.3) is 0 Å². The maximum atomic E-state index is 12.8. The van der Waals surface area contributed by atoms with Crippen molar-refractivity contribution in [1.82, 2.24) is 9.88 Å². The normalized spacial score (nSPS) is 17.8. The fourth-order valence-corrected chi connectivity index (χ4v) is 5.00. The van der Waals surface area contributed by atoms with E-state index in [0.717, 1.165) is 10.8 Å². The Bertz CT molecular complexity index is 877. The van der Waals surface area contributed by atoms with Crippen LogP contribution >= 0.6 is 21.4 Å². The van der Waals surface area contributed by atoms with Crippen LogP contribution in [0.4, 0.5) is 15.6 Å². The van der Waals surface area contributed by atoms with Crippen LogP contribution in [-0.4, -0.2) is 73.4 Å². The Morgan fingerprint density at radius 2 is 1.90 bits per heavy atom. The van der Waals surface area contributed by atoms with Gasteiger partial charge in [0.15, 0.2) is 5.13 Å². The monoisotopic (exact) mass is 436 g/mol. The van der Waals surface area contributed by atoms with Crippen LogP contribution in [0.3, 0.4) is 0 Å². The van der Waals surface area contributed by atoms with Gasteiger partial charge < -0.3 is 19.9 Å². The lowest BCUT2D eigenvalue weighted by atomic mass is 10.2. The molecule has 1 atom stereocenters. The number of hydrogen-bond donors (Lipinski definition) is 1. The predicted octanol–water partition coefficient (Wildman–Crippen LogP) is 3.73. The number of rotatable bonds is 4. The van der Waals surface area contributed by atoms with Crippen LogP contribution in [0.5, 0.6) is 0 Å². The third kappa shape index (κ3) is 5.02. The van der Waals surface area contributed by atoms with E-state index in [0.29, 0.717) is 24.5 Å². The number of benzene rings is 1. The van der Waals surface area contributed by atoms with E-state index in [1.165, 1.54) is 23.3 Å². The highest BCUT2D eigenvalue weighted by Crippen LogP contribution is 2.45. The Labute approximate surface area is 177 Å². The molecule has 1 aliphatic heterocycles. The van der Waals surface area contributed by atoms with Gasteiger partial charge in [-0.2, -0.15) is 0 Å². The number of urea groups is 1. The molecule has 1 N–H and O–H groups in total. The van der Waals surface area contributed by atoms with Crippen molar-refractivity contribution in [2.45, 2.75) is 17.9 Å². The molecule has 29 heavy (non-hydrogen) atoms. The molecule has 1 fully saturated rings. The van der Waals surface area contributed by atoms with Gasteiger partial charge in [0.25, 0.3) is 0 Å². The number of thiazole rings is 1. The zero-order chi connectivity index (χ0) is 21.2. The zero-order valence-corrected chi connectivity index (χ0v) is 19.1. The molecule has 2 amide bonds. The number of carbonyl (C=O) groups is 2. The fourth-order valence-electron chi connectivity index (χ4n) is 3.18. The van der Waals surface area contributed by atoms with Crippen molar-refractivity contribution in [1.29, 1.82) is 0 Å². The van der Waals surface area contributed by atoms with E-state index >= 15 is 0 Å². The van der Waals surface area contributed by atoms with Gasteiger partial charge in [0.05, 0.1) is 13.3 Å². The third-order valence-corrected chi connectivity index (χ3v) is 7.58. The summed E-state index contributed by atoms with van der Waals surface area (Å²) in [6, 6.07) is 8.04. The average molecular weight is 437 g/mol.